The highest BCUT2D eigenvalue weighted by molar-refractivity contribution is 9.10. The van der Waals surface area contributed by atoms with Crippen molar-refractivity contribution >= 4 is 37.3 Å². The summed E-state index contributed by atoms with van der Waals surface area (Å²) < 4.78 is 24.1. The number of rotatable bonds is 2. The van der Waals surface area contributed by atoms with Gasteiger partial charge in [0.15, 0.2) is 0 Å². The second-order valence-electron chi connectivity index (χ2n) is 3.40. The highest BCUT2D eigenvalue weighted by Gasteiger charge is 2.27. The van der Waals surface area contributed by atoms with E-state index in [-0.39, 0.29) is 11.3 Å². The van der Waals surface area contributed by atoms with Crippen LogP contribution in [0.2, 0.25) is 0 Å². The molecule has 0 unspecified atom stereocenters. The van der Waals surface area contributed by atoms with E-state index in [4.69, 9.17) is 5.11 Å². The minimum Gasteiger partial charge on any atom is -0.481 e. The second kappa shape index (κ2) is 3.71. The summed E-state index contributed by atoms with van der Waals surface area (Å²) in [6, 6.07) is 4.78. The Kier molecular flexibility index (Phi) is 2.63. The molecule has 1 aliphatic rings. The van der Waals surface area contributed by atoms with Gasteiger partial charge in [0.1, 0.15) is 0 Å². The zero-order chi connectivity index (χ0) is 11.9. The van der Waals surface area contributed by atoms with Crippen LogP contribution in [0.25, 0.3) is 5.57 Å². The van der Waals surface area contributed by atoms with Crippen LogP contribution in [0.4, 0.5) is 0 Å². The molecule has 16 heavy (non-hydrogen) atoms. The molecule has 4 nitrogen and oxygen atoms in total. The number of aliphatic carboxylic acids is 1. The topological polar surface area (TPSA) is 71.4 Å². The summed E-state index contributed by atoms with van der Waals surface area (Å²) >= 11 is 3.18. The summed E-state index contributed by atoms with van der Waals surface area (Å²) in [4.78, 5) is 10.8. The lowest BCUT2D eigenvalue weighted by Crippen LogP contribution is -1.95. The lowest BCUT2D eigenvalue weighted by atomic mass is 10.1. The van der Waals surface area contributed by atoms with Gasteiger partial charge in [-0.05, 0) is 23.3 Å². The smallest absolute Gasteiger partial charge is 0.307 e. The van der Waals surface area contributed by atoms with Crippen molar-refractivity contribution in [1.82, 2.24) is 0 Å². The van der Waals surface area contributed by atoms with Crippen molar-refractivity contribution in [1.29, 1.82) is 0 Å². The Morgan fingerprint density at radius 2 is 2.06 bits per heavy atom. The number of carboxylic acids is 1. The van der Waals surface area contributed by atoms with Crippen molar-refractivity contribution in [3.63, 3.8) is 0 Å². The van der Waals surface area contributed by atoms with Gasteiger partial charge in [-0.2, -0.15) is 0 Å². The molecule has 6 heteroatoms. The van der Waals surface area contributed by atoms with Gasteiger partial charge in [0.25, 0.3) is 0 Å². The first kappa shape index (κ1) is 11.3. The van der Waals surface area contributed by atoms with Crippen molar-refractivity contribution < 1.29 is 18.3 Å². The molecule has 1 aliphatic heterocycles. The van der Waals surface area contributed by atoms with Gasteiger partial charge in [0.05, 0.1) is 11.3 Å². The Labute approximate surface area is 101 Å². The molecular formula is C10H7BrO4S. The highest BCUT2D eigenvalue weighted by Crippen LogP contribution is 2.36. The van der Waals surface area contributed by atoms with Crippen LogP contribution in [0.3, 0.4) is 0 Å². The third-order valence-electron chi connectivity index (χ3n) is 2.24. The minimum atomic E-state index is -3.48. The molecular weight excluding hydrogens is 296 g/mol. The number of carbonyl (C=O) groups is 1. The van der Waals surface area contributed by atoms with Crippen LogP contribution in [0.15, 0.2) is 33.0 Å². The quantitative estimate of drug-likeness (QED) is 0.907. The first-order chi connectivity index (χ1) is 7.40. The molecule has 0 saturated carbocycles. The normalized spacial score (nSPS) is 16.7. The lowest BCUT2D eigenvalue weighted by Gasteiger charge is -2.02. The third kappa shape index (κ3) is 1.90. The average Bonchev–Trinajstić information content (AvgIpc) is 2.37. The standard InChI is InChI=1S/C10H7BrO4S/c11-7-1-2-8-6(3-10(12)13)5-16(14,15)9(8)4-7/h1-2,4-5H,3H2,(H,12,13). The van der Waals surface area contributed by atoms with Crippen LogP contribution in [0.5, 0.6) is 0 Å². The van der Waals surface area contributed by atoms with Gasteiger partial charge >= 0.3 is 5.97 Å². The maximum atomic E-state index is 11.7. The fraction of sp³-hybridized carbons (Fsp3) is 0.100. The van der Waals surface area contributed by atoms with Gasteiger partial charge in [0, 0.05) is 9.88 Å². The Morgan fingerprint density at radius 1 is 1.38 bits per heavy atom. The zero-order valence-electron chi connectivity index (χ0n) is 7.97. The summed E-state index contributed by atoms with van der Waals surface area (Å²) in [5, 5.41) is 9.71. The Bertz CT molecular complexity index is 601. The van der Waals surface area contributed by atoms with Gasteiger partial charge in [-0.1, -0.05) is 22.0 Å². The molecule has 1 N–H and O–H groups in total. The third-order valence-corrected chi connectivity index (χ3v) is 4.27. The second-order valence-corrected chi connectivity index (χ2v) is 6.08. The molecule has 84 valence electrons. The van der Waals surface area contributed by atoms with E-state index in [2.05, 4.69) is 15.9 Å². The average molecular weight is 303 g/mol. The van der Waals surface area contributed by atoms with E-state index >= 15 is 0 Å². The number of hydrogen-bond acceptors (Lipinski definition) is 3. The predicted octanol–water partition coefficient (Wildman–Crippen LogP) is 2.05. The number of halogens is 1. The SMILES string of the molecule is O=C(O)CC1=CS(=O)(=O)c2cc(Br)ccc21. The van der Waals surface area contributed by atoms with Crippen LogP contribution >= 0.6 is 15.9 Å². The molecule has 1 aromatic carbocycles. The van der Waals surface area contributed by atoms with Gasteiger partial charge < -0.3 is 5.11 Å². The molecule has 0 radical (unpaired) electrons. The number of sulfone groups is 1. The van der Waals surface area contributed by atoms with Crippen molar-refractivity contribution in [2.75, 3.05) is 0 Å². The molecule has 2 rings (SSSR count). The Morgan fingerprint density at radius 3 is 2.69 bits per heavy atom. The van der Waals surface area contributed by atoms with E-state index in [1.54, 1.807) is 12.1 Å². The van der Waals surface area contributed by atoms with Crippen LogP contribution in [0.1, 0.15) is 12.0 Å². The molecule has 0 aliphatic carbocycles. The van der Waals surface area contributed by atoms with Gasteiger partial charge in [0.2, 0.25) is 9.84 Å². The maximum Gasteiger partial charge on any atom is 0.307 e. The monoisotopic (exact) mass is 302 g/mol. The molecule has 1 aromatic rings. The zero-order valence-corrected chi connectivity index (χ0v) is 10.4. The molecule has 0 spiro atoms. The van der Waals surface area contributed by atoms with Crippen molar-refractivity contribution in [2.45, 2.75) is 11.3 Å². The molecule has 0 saturated heterocycles. The van der Waals surface area contributed by atoms with Crippen LogP contribution < -0.4 is 0 Å². The van der Waals surface area contributed by atoms with Crippen molar-refractivity contribution in [3.05, 3.63) is 33.6 Å². The van der Waals surface area contributed by atoms with E-state index in [1.807, 2.05) is 0 Å². The highest BCUT2D eigenvalue weighted by atomic mass is 79.9. The summed E-state index contributed by atoms with van der Waals surface area (Å²) in [6.45, 7) is 0. The van der Waals surface area contributed by atoms with Crippen molar-refractivity contribution in [2.24, 2.45) is 0 Å². The lowest BCUT2D eigenvalue weighted by molar-refractivity contribution is -0.135. The van der Waals surface area contributed by atoms with E-state index in [1.165, 1.54) is 6.07 Å². The summed E-state index contributed by atoms with van der Waals surface area (Å²) in [7, 11) is -3.48. The van der Waals surface area contributed by atoms with E-state index in [0.29, 0.717) is 15.6 Å². The summed E-state index contributed by atoms with van der Waals surface area (Å²) in [6.07, 6.45) is -0.284. The van der Waals surface area contributed by atoms with E-state index in [0.717, 1.165) is 5.41 Å². The van der Waals surface area contributed by atoms with Crippen molar-refractivity contribution in [3.8, 4) is 0 Å². The molecule has 0 atom stereocenters. The summed E-state index contributed by atoms with van der Waals surface area (Å²) in [5.41, 5.74) is 0.806. The van der Waals surface area contributed by atoms with Crippen LogP contribution in [-0.2, 0) is 14.6 Å². The van der Waals surface area contributed by atoms with Gasteiger partial charge in [-0.3, -0.25) is 4.79 Å². The molecule has 1 heterocycles. The Hall–Kier alpha value is -1.14. The first-order valence-electron chi connectivity index (χ1n) is 4.37. The fourth-order valence-corrected chi connectivity index (χ4v) is 3.63. The minimum absolute atomic E-state index is 0.165. The molecule has 0 aromatic heterocycles. The molecule has 0 bridgehead atoms. The van der Waals surface area contributed by atoms with E-state index < -0.39 is 15.8 Å². The molecule has 0 amide bonds. The number of hydrogen-bond donors (Lipinski definition) is 1. The van der Waals surface area contributed by atoms with Gasteiger partial charge in [-0.15, -0.1) is 0 Å². The first-order valence-corrected chi connectivity index (χ1v) is 6.71. The van der Waals surface area contributed by atoms with E-state index in [9.17, 15) is 13.2 Å². The number of benzene rings is 1. The predicted molar refractivity (Wildman–Crippen MR) is 61.6 cm³/mol. The number of fused-ring (bicyclic) bond motifs is 1. The van der Waals surface area contributed by atoms with Gasteiger partial charge in [-0.25, -0.2) is 8.42 Å². The largest absolute Gasteiger partial charge is 0.481 e. The molecule has 0 fully saturated rings. The number of carboxylic acid groups (broad SMARTS) is 1. The summed E-state index contributed by atoms with van der Waals surface area (Å²) in [5.74, 6) is -1.04. The van der Waals surface area contributed by atoms with Crippen LogP contribution in [0, 0.1) is 0 Å². The maximum absolute atomic E-state index is 11.7. The fourth-order valence-electron chi connectivity index (χ4n) is 1.61. The van der Waals surface area contributed by atoms with Crippen LogP contribution in [-0.4, -0.2) is 19.5 Å². The Balaban J connectivity index is 2.60.